The number of rotatable bonds is 4. The second-order valence-electron chi connectivity index (χ2n) is 12.1. The van der Waals surface area contributed by atoms with Crippen molar-refractivity contribution in [2.24, 2.45) is 34.5 Å². The Morgan fingerprint density at radius 2 is 1.82 bits per heavy atom. The number of fused-ring (bicyclic) bond motifs is 5. The quantitative estimate of drug-likeness (QED) is 0.656. The molecule has 3 fully saturated rings. The van der Waals surface area contributed by atoms with Crippen LogP contribution in [0.4, 0.5) is 0 Å². The Hall–Kier alpha value is -0.380. The van der Waals surface area contributed by atoms with Crippen LogP contribution in [-0.2, 0) is 4.74 Å². The fourth-order valence-electron chi connectivity index (χ4n) is 7.64. The van der Waals surface area contributed by atoms with Gasteiger partial charge in [-0.15, -0.1) is 0 Å². The van der Waals surface area contributed by atoms with Gasteiger partial charge in [-0.1, -0.05) is 25.5 Å². The van der Waals surface area contributed by atoms with Crippen molar-refractivity contribution in [1.29, 1.82) is 0 Å². The molecule has 0 aromatic heterocycles. The minimum absolute atomic E-state index is 0.308. The molecule has 0 saturated heterocycles. The van der Waals surface area contributed by atoms with Crippen molar-refractivity contribution >= 4 is 0 Å². The summed E-state index contributed by atoms with van der Waals surface area (Å²) in [5.41, 5.74) is 1.01. The summed E-state index contributed by atoms with van der Waals surface area (Å²) in [6.07, 6.45) is 12.0. The van der Waals surface area contributed by atoms with Gasteiger partial charge in [-0.2, -0.15) is 0 Å². The molecule has 0 heterocycles. The average Bonchev–Trinajstić information content (AvgIpc) is 2.91. The van der Waals surface area contributed by atoms with E-state index in [1.807, 2.05) is 20.8 Å². The Morgan fingerprint density at radius 3 is 2.54 bits per heavy atom. The van der Waals surface area contributed by atoms with Crippen LogP contribution in [-0.4, -0.2) is 34.6 Å². The SMILES string of the molecule is CC(C)(O)COCC1CCC2C3CC=C4CC(C)(O)CCC4(C)C3CCC12C. The molecule has 0 amide bonds. The summed E-state index contributed by atoms with van der Waals surface area (Å²) >= 11 is 0. The van der Waals surface area contributed by atoms with Crippen LogP contribution in [0.3, 0.4) is 0 Å². The largest absolute Gasteiger partial charge is 0.390 e. The molecule has 28 heavy (non-hydrogen) atoms. The first-order valence-corrected chi connectivity index (χ1v) is 11.7. The van der Waals surface area contributed by atoms with E-state index in [-0.39, 0.29) is 0 Å². The molecule has 0 radical (unpaired) electrons. The van der Waals surface area contributed by atoms with Gasteiger partial charge in [0.2, 0.25) is 0 Å². The standard InChI is InChI=1S/C25H42O3/c1-22(2,26)16-28-15-18-7-9-20-19-8-6-17-14-23(3,27)12-13-25(17,5)21(19)10-11-24(18,20)4/h6,18-21,26-27H,7-16H2,1-5H3. The Balaban J connectivity index is 1.49. The van der Waals surface area contributed by atoms with E-state index in [4.69, 9.17) is 4.74 Å². The first-order valence-electron chi connectivity index (χ1n) is 11.7. The molecule has 4 rings (SSSR count). The molecule has 4 aliphatic carbocycles. The van der Waals surface area contributed by atoms with E-state index in [1.54, 1.807) is 5.57 Å². The van der Waals surface area contributed by atoms with Crippen molar-refractivity contribution in [3.8, 4) is 0 Å². The van der Waals surface area contributed by atoms with Gasteiger partial charge >= 0.3 is 0 Å². The molecule has 7 unspecified atom stereocenters. The molecule has 7 atom stereocenters. The van der Waals surface area contributed by atoms with Crippen molar-refractivity contribution in [3.05, 3.63) is 11.6 Å². The maximum atomic E-state index is 10.6. The summed E-state index contributed by atoms with van der Waals surface area (Å²) < 4.78 is 5.97. The van der Waals surface area contributed by atoms with Gasteiger partial charge in [0.15, 0.2) is 0 Å². The van der Waals surface area contributed by atoms with E-state index >= 15 is 0 Å². The molecular formula is C25H42O3. The van der Waals surface area contributed by atoms with Gasteiger partial charge in [-0.05, 0) is 107 Å². The van der Waals surface area contributed by atoms with Crippen LogP contribution in [0.15, 0.2) is 11.6 Å². The lowest BCUT2D eigenvalue weighted by Crippen LogP contribution is -2.52. The van der Waals surface area contributed by atoms with E-state index in [1.165, 1.54) is 32.1 Å². The smallest absolute Gasteiger partial charge is 0.0824 e. The van der Waals surface area contributed by atoms with Crippen molar-refractivity contribution in [2.75, 3.05) is 13.2 Å². The van der Waals surface area contributed by atoms with Crippen molar-refractivity contribution in [1.82, 2.24) is 0 Å². The number of hydrogen-bond donors (Lipinski definition) is 2. The zero-order valence-corrected chi connectivity index (χ0v) is 18.8. The van der Waals surface area contributed by atoms with Gasteiger partial charge in [0, 0.05) is 0 Å². The van der Waals surface area contributed by atoms with Gasteiger partial charge in [0.1, 0.15) is 0 Å². The Labute approximate surface area is 171 Å². The molecule has 0 aromatic rings. The van der Waals surface area contributed by atoms with Crippen LogP contribution >= 0.6 is 0 Å². The van der Waals surface area contributed by atoms with Gasteiger partial charge in [-0.3, -0.25) is 0 Å². The molecule has 4 aliphatic rings. The Bertz CT molecular complexity index is 630. The summed E-state index contributed by atoms with van der Waals surface area (Å²) in [7, 11) is 0. The second-order valence-corrected chi connectivity index (χ2v) is 12.1. The van der Waals surface area contributed by atoms with Crippen LogP contribution in [0, 0.1) is 34.5 Å². The van der Waals surface area contributed by atoms with E-state index in [9.17, 15) is 10.2 Å². The first kappa shape index (κ1) is 20.9. The normalized spacial score (nSPS) is 48.5. The predicted octanol–water partition coefficient (Wildman–Crippen LogP) is 5.10. The van der Waals surface area contributed by atoms with Gasteiger partial charge in [0.05, 0.1) is 24.4 Å². The fraction of sp³-hybridized carbons (Fsp3) is 0.920. The molecule has 160 valence electrons. The lowest BCUT2D eigenvalue weighted by atomic mass is 9.47. The van der Waals surface area contributed by atoms with Gasteiger partial charge in [0.25, 0.3) is 0 Å². The van der Waals surface area contributed by atoms with Crippen molar-refractivity contribution in [2.45, 2.75) is 97.2 Å². The van der Waals surface area contributed by atoms with Crippen LogP contribution in [0.25, 0.3) is 0 Å². The molecule has 3 saturated carbocycles. The maximum absolute atomic E-state index is 10.6. The average molecular weight is 391 g/mol. The number of ether oxygens (including phenoxy) is 1. The maximum Gasteiger partial charge on any atom is 0.0824 e. The summed E-state index contributed by atoms with van der Waals surface area (Å²) in [5, 5.41) is 20.6. The molecule has 0 aliphatic heterocycles. The summed E-state index contributed by atoms with van der Waals surface area (Å²) in [6.45, 7) is 11.9. The summed E-state index contributed by atoms with van der Waals surface area (Å²) in [6, 6.07) is 0. The first-order chi connectivity index (χ1) is 12.9. The summed E-state index contributed by atoms with van der Waals surface area (Å²) in [5.74, 6) is 3.03. The fourth-order valence-corrected chi connectivity index (χ4v) is 7.64. The van der Waals surface area contributed by atoms with E-state index in [0.717, 1.165) is 43.6 Å². The van der Waals surface area contributed by atoms with E-state index < -0.39 is 11.2 Å². The second kappa shape index (κ2) is 6.82. The van der Waals surface area contributed by atoms with Gasteiger partial charge < -0.3 is 14.9 Å². The number of hydrogen-bond acceptors (Lipinski definition) is 3. The third kappa shape index (κ3) is 3.50. The molecule has 3 heteroatoms. The highest BCUT2D eigenvalue weighted by Crippen LogP contribution is 2.66. The molecule has 0 spiro atoms. The van der Waals surface area contributed by atoms with Crippen LogP contribution < -0.4 is 0 Å². The van der Waals surface area contributed by atoms with E-state index in [0.29, 0.717) is 23.4 Å². The van der Waals surface area contributed by atoms with E-state index in [2.05, 4.69) is 19.9 Å². The van der Waals surface area contributed by atoms with Crippen molar-refractivity contribution in [3.63, 3.8) is 0 Å². The topological polar surface area (TPSA) is 49.7 Å². The Kier molecular flexibility index (Phi) is 5.08. The highest BCUT2D eigenvalue weighted by molar-refractivity contribution is 5.26. The number of allylic oxidation sites excluding steroid dienone is 1. The molecular weight excluding hydrogens is 348 g/mol. The van der Waals surface area contributed by atoms with Gasteiger partial charge in [-0.25, -0.2) is 0 Å². The monoisotopic (exact) mass is 390 g/mol. The van der Waals surface area contributed by atoms with Crippen LogP contribution in [0.1, 0.15) is 86.0 Å². The third-order valence-corrected chi connectivity index (χ3v) is 9.35. The third-order valence-electron chi connectivity index (χ3n) is 9.35. The molecule has 3 nitrogen and oxygen atoms in total. The zero-order valence-electron chi connectivity index (χ0n) is 18.8. The molecule has 0 aromatic carbocycles. The lowest BCUT2D eigenvalue weighted by Gasteiger charge is -2.59. The van der Waals surface area contributed by atoms with Crippen LogP contribution in [0.2, 0.25) is 0 Å². The minimum atomic E-state index is -0.738. The lowest BCUT2D eigenvalue weighted by molar-refractivity contribution is -0.0831. The van der Waals surface area contributed by atoms with Crippen molar-refractivity contribution < 1.29 is 14.9 Å². The Morgan fingerprint density at radius 1 is 1.07 bits per heavy atom. The molecule has 2 N–H and O–H groups in total. The highest BCUT2D eigenvalue weighted by Gasteiger charge is 2.59. The molecule has 0 bridgehead atoms. The predicted molar refractivity (Wildman–Crippen MR) is 113 cm³/mol. The van der Waals surface area contributed by atoms with Crippen LogP contribution in [0.5, 0.6) is 0 Å². The number of aliphatic hydroxyl groups is 2. The summed E-state index contributed by atoms with van der Waals surface area (Å²) in [4.78, 5) is 0. The highest BCUT2D eigenvalue weighted by atomic mass is 16.5. The minimum Gasteiger partial charge on any atom is -0.390 e. The zero-order chi connectivity index (χ0) is 20.4.